The third-order valence-corrected chi connectivity index (χ3v) is 5.25. The molecule has 11 nitrogen and oxygen atoms in total. The van der Waals surface area contributed by atoms with E-state index < -0.39 is 54.0 Å². The Labute approximate surface area is 182 Å². The maximum absolute atomic E-state index is 12.8. The van der Waals surface area contributed by atoms with E-state index in [4.69, 9.17) is 5.73 Å². The maximum atomic E-state index is 12.8. The SMILES string of the molecule is CC(C)C(NC(=O)C(NC(=O)C1CCCN1)C(C)O)C(=O)NC(CCCCN)C(=O)O. The second-order valence-corrected chi connectivity index (χ2v) is 8.29. The first-order valence-corrected chi connectivity index (χ1v) is 10.8. The van der Waals surface area contributed by atoms with E-state index in [2.05, 4.69) is 21.3 Å². The molecular formula is C20H37N5O6. The summed E-state index contributed by atoms with van der Waals surface area (Å²) in [5.74, 6) is -3.28. The zero-order valence-corrected chi connectivity index (χ0v) is 18.5. The van der Waals surface area contributed by atoms with Gasteiger partial charge in [0, 0.05) is 0 Å². The largest absolute Gasteiger partial charge is 0.480 e. The van der Waals surface area contributed by atoms with Gasteiger partial charge in [-0.1, -0.05) is 13.8 Å². The molecule has 5 atom stereocenters. The molecule has 0 bridgehead atoms. The number of unbranched alkanes of at least 4 members (excludes halogenated alkanes) is 1. The van der Waals surface area contributed by atoms with E-state index >= 15 is 0 Å². The first-order chi connectivity index (χ1) is 14.6. The van der Waals surface area contributed by atoms with Crippen molar-refractivity contribution in [1.29, 1.82) is 0 Å². The van der Waals surface area contributed by atoms with Gasteiger partial charge in [-0.2, -0.15) is 0 Å². The molecule has 1 aliphatic rings. The summed E-state index contributed by atoms with van der Waals surface area (Å²) in [5.41, 5.74) is 5.43. The quantitative estimate of drug-likeness (QED) is 0.167. The van der Waals surface area contributed by atoms with Crippen LogP contribution in [0.3, 0.4) is 0 Å². The highest BCUT2D eigenvalue weighted by atomic mass is 16.4. The summed E-state index contributed by atoms with van der Waals surface area (Å²) >= 11 is 0. The fourth-order valence-electron chi connectivity index (χ4n) is 3.36. The van der Waals surface area contributed by atoms with Crippen molar-refractivity contribution in [3.05, 3.63) is 0 Å². The molecule has 8 N–H and O–H groups in total. The summed E-state index contributed by atoms with van der Waals surface area (Å²) in [6.45, 7) is 5.90. The Kier molecular flexibility index (Phi) is 11.4. The number of carbonyl (C=O) groups excluding carboxylic acids is 3. The van der Waals surface area contributed by atoms with Crippen LogP contribution >= 0.6 is 0 Å². The minimum Gasteiger partial charge on any atom is -0.480 e. The van der Waals surface area contributed by atoms with Crippen LogP contribution in [-0.4, -0.2) is 77.3 Å². The van der Waals surface area contributed by atoms with Gasteiger partial charge < -0.3 is 37.2 Å². The van der Waals surface area contributed by atoms with Crippen LogP contribution in [0, 0.1) is 5.92 Å². The van der Waals surface area contributed by atoms with Gasteiger partial charge in [-0.25, -0.2) is 4.79 Å². The van der Waals surface area contributed by atoms with Crippen LogP contribution in [0.1, 0.15) is 52.9 Å². The van der Waals surface area contributed by atoms with Crippen LogP contribution in [0.25, 0.3) is 0 Å². The summed E-state index contributed by atoms with van der Waals surface area (Å²) in [6.07, 6.45) is 1.68. The number of hydrogen-bond donors (Lipinski definition) is 7. The predicted molar refractivity (Wildman–Crippen MR) is 114 cm³/mol. The molecule has 1 fully saturated rings. The van der Waals surface area contributed by atoms with Crippen LogP contribution in [0.4, 0.5) is 0 Å². The van der Waals surface area contributed by atoms with E-state index in [0.29, 0.717) is 32.4 Å². The first-order valence-electron chi connectivity index (χ1n) is 10.8. The normalized spacial score (nSPS) is 19.9. The van der Waals surface area contributed by atoms with E-state index in [1.807, 2.05) is 0 Å². The molecule has 31 heavy (non-hydrogen) atoms. The van der Waals surface area contributed by atoms with Crippen molar-refractivity contribution in [3.63, 3.8) is 0 Å². The monoisotopic (exact) mass is 443 g/mol. The molecule has 5 unspecified atom stereocenters. The molecule has 3 amide bonds. The number of amides is 3. The number of carboxylic acid groups (broad SMARTS) is 1. The van der Waals surface area contributed by atoms with Gasteiger partial charge in [0.1, 0.15) is 18.1 Å². The summed E-state index contributed by atoms with van der Waals surface area (Å²) in [4.78, 5) is 49.3. The highest BCUT2D eigenvalue weighted by Gasteiger charge is 2.34. The Balaban J connectivity index is 2.80. The second kappa shape index (κ2) is 13.2. The molecular weight excluding hydrogens is 406 g/mol. The molecule has 178 valence electrons. The van der Waals surface area contributed by atoms with Gasteiger partial charge in [-0.3, -0.25) is 14.4 Å². The number of nitrogens with one attached hydrogen (secondary N) is 4. The van der Waals surface area contributed by atoms with E-state index in [-0.39, 0.29) is 12.3 Å². The number of nitrogens with two attached hydrogens (primary N) is 1. The van der Waals surface area contributed by atoms with Gasteiger partial charge in [0.05, 0.1) is 12.1 Å². The predicted octanol–water partition coefficient (Wildman–Crippen LogP) is -1.56. The van der Waals surface area contributed by atoms with Gasteiger partial charge in [0.15, 0.2) is 0 Å². The number of carbonyl (C=O) groups is 4. The lowest BCUT2D eigenvalue weighted by molar-refractivity contribution is -0.143. The van der Waals surface area contributed by atoms with Crippen molar-refractivity contribution < 1.29 is 29.4 Å². The summed E-state index contributed by atoms with van der Waals surface area (Å²) in [6, 6.07) is -3.81. The smallest absolute Gasteiger partial charge is 0.326 e. The number of carboxylic acids is 1. The minimum absolute atomic E-state index is 0.220. The second-order valence-electron chi connectivity index (χ2n) is 8.29. The molecule has 0 aliphatic carbocycles. The Morgan fingerprint density at radius 2 is 1.68 bits per heavy atom. The number of hydrogen-bond acceptors (Lipinski definition) is 7. The third-order valence-electron chi connectivity index (χ3n) is 5.25. The average Bonchev–Trinajstić information content (AvgIpc) is 3.23. The van der Waals surface area contributed by atoms with E-state index in [9.17, 15) is 29.4 Å². The van der Waals surface area contributed by atoms with Gasteiger partial charge in [-0.15, -0.1) is 0 Å². The highest BCUT2D eigenvalue weighted by Crippen LogP contribution is 2.09. The van der Waals surface area contributed by atoms with Gasteiger partial charge in [0.2, 0.25) is 17.7 Å². The summed E-state index contributed by atoms with van der Waals surface area (Å²) in [7, 11) is 0. The lowest BCUT2D eigenvalue weighted by Crippen LogP contribution is -2.60. The standard InChI is InChI=1S/C20H37N5O6/c1-11(2)15(18(28)23-14(20(30)31)7-4-5-9-21)24-19(29)16(12(3)26)25-17(27)13-8-6-10-22-13/h11-16,22,26H,4-10,21H2,1-3H3,(H,23,28)(H,24,29)(H,25,27)(H,30,31). The number of rotatable bonds is 13. The lowest BCUT2D eigenvalue weighted by atomic mass is 10.0. The third kappa shape index (κ3) is 8.80. The Bertz CT molecular complexity index is 621. The van der Waals surface area contributed by atoms with E-state index in [0.717, 1.165) is 6.42 Å². The Morgan fingerprint density at radius 3 is 2.16 bits per heavy atom. The van der Waals surface area contributed by atoms with Crippen molar-refractivity contribution in [3.8, 4) is 0 Å². The van der Waals surface area contributed by atoms with Crippen molar-refractivity contribution in [2.24, 2.45) is 11.7 Å². The molecule has 0 aromatic carbocycles. The van der Waals surface area contributed by atoms with Gasteiger partial charge in [0.25, 0.3) is 0 Å². The number of aliphatic hydroxyl groups is 1. The Morgan fingerprint density at radius 1 is 1.03 bits per heavy atom. The topological polar surface area (TPSA) is 183 Å². The van der Waals surface area contributed by atoms with Crippen molar-refractivity contribution in [2.75, 3.05) is 13.1 Å². The maximum Gasteiger partial charge on any atom is 0.326 e. The van der Waals surface area contributed by atoms with Crippen LogP contribution in [0.5, 0.6) is 0 Å². The fraction of sp³-hybridized carbons (Fsp3) is 0.800. The fourth-order valence-corrected chi connectivity index (χ4v) is 3.36. The molecule has 0 aromatic heterocycles. The zero-order valence-electron chi connectivity index (χ0n) is 18.5. The number of aliphatic hydroxyl groups excluding tert-OH is 1. The van der Waals surface area contributed by atoms with Crippen LogP contribution in [-0.2, 0) is 19.2 Å². The van der Waals surface area contributed by atoms with Crippen molar-refractivity contribution in [1.82, 2.24) is 21.3 Å². The summed E-state index contributed by atoms with van der Waals surface area (Å²) in [5, 5.41) is 29.9. The van der Waals surface area contributed by atoms with Crippen LogP contribution < -0.4 is 27.0 Å². The van der Waals surface area contributed by atoms with Crippen molar-refractivity contribution in [2.45, 2.75) is 83.1 Å². The highest BCUT2D eigenvalue weighted by molar-refractivity contribution is 5.94. The van der Waals surface area contributed by atoms with Gasteiger partial charge in [-0.05, 0) is 58.0 Å². The minimum atomic E-state index is -1.25. The zero-order chi connectivity index (χ0) is 23.6. The molecule has 11 heteroatoms. The molecule has 1 saturated heterocycles. The lowest BCUT2D eigenvalue weighted by Gasteiger charge is -2.28. The molecule has 0 aromatic rings. The molecule has 1 rings (SSSR count). The molecule has 0 radical (unpaired) electrons. The molecule has 1 heterocycles. The van der Waals surface area contributed by atoms with Crippen molar-refractivity contribution >= 4 is 23.7 Å². The number of aliphatic carboxylic acids is 1. The van der Waals surface area contributed by atoms with E-state index in [1.165, 1.54) is 6.92 Å². The molecule has 0 spiro atoms. The van der Waals surface area contributed by atoms with Crippen LogP contribution in [0.2, 0.25) is 0 Å². The molecule has 1 aliphatic heterocycles. The van der Waals surface area contributed by atoms with Crippen LogP contribution in [0.15, 0.2) is 0 Å². The average molecular weight is 444 g/mol. The molecule has 0 saturated carbocycles. The van der Waals surface area contributed by atoms with E-state index in [1.54, 1.807) is 13.8 Å². The summed E-state index contributed by atoms with van der Waals surface area (Å²) < 4.78 is 0. The first kappa shape index (κ1) is 26.8. The Hall–Kier alpha value is -2.24. The van der Waals surface area contributed by atoms with Gasteiger partial charge >= 0.3 is 5.97 Å².